The molecule has 3 aromatic rings. The second-order valence-electron chi connectivity index (χ2n) is 9.73. The van der Waals surface area contributed by atoms with Gasteiger partial charge in [-0.3, -0.25) is 9.59 Å². The number of carbonyl (C=O) groups is 2. The Hall–Kier alpha value is -4.01. The van der Waals surface area contributed by atoms with E-state index in [4.69, 9.17) is 19.5 Å². The van der Waals surface area contributed by atoms with Gasteiger partial charge in [-0.25, -0.2) is 17.5 Å². The lowest BCUT2D eigenvalue weighted by molar-refractivity contribution is -0.155. The number of sulfonamides is 1. The van der Waals surface area contributed by atoms with Crippen LogP contribution in [0.3, 0.4) is 0 Å². The molecule has 1 saturated carbocycles. The van der Waals surface area contributed by atoms with Crippen LogP contribution >= 0.6 is 0 Å². The molecule has 0 amide bonds. The maximum absolute atomic E-state index is 14.2. The van der Waals surface area contributed by atoms with Crippen LogP contribution in [0.4, 0.5) is 4.39 Å². The Morgan fingerprint density at radius 1 is 0.976 bits per heavy atom. The molecular weight excluding hydrogens is 551 g/mol. The summed E-state index contributed by atoms with van der Waals surface area (Å²) in [7, 11) is -4.02. The van der Waals surface area contributed by atoms with Gasteiger partial charge in [0.25, 0.3) is 0 Å². The van der Waals surface area contributed by atoms with Gasteiger partial charge >= 0.3 is 11.9 Å². The molecular formula is C30H31FN2O7S. The van der Waals surface area contributed by atoms with Gasteiger partial charge in [0, 0.05) is 11.6 Å². The number of fused-ring (bicyclic) bond motifs is 1. The molecule has 0 aromatic heterocycles. The van der Waals surface area contributed by atoms with Crippen LogP contribution in [-0.4, -0.2) is 39.6 Å². The zero-order valence-electron chi connectivity index (χ0n) is 22.8. The molecule has 0 heterocycles. The van der Waals surface area contributed by atoms with Crippen LogP contribution in [0, 0.1) is 29.0 Å². The van der Waals surface area contributed by atoms with Gasteiger partial charge in [-0.15, -0.1) is 0 Å². The van der Waals surface area contributed by atoms with E-state index in [1.54, 1.807) is 38.1 Å². The molecule has 1 aliphatic rings. The van der Waals surface area contributed by atoms with E-state index in [1.165, 1.54) is 24.3 Å². The SMILES string of the molecule is CCOC(=O)C1CCC(NS(=O)(=O)c2ccc3cc(OCc4ccc(C#N)cc4F)ccc3c2)C(C(=O)OCC)C1. The minimum atomic E-state index is -4.02. The zero-order chi connectivity index (χ0) is 29.6. The first kappa shape index (κ1) is 30.0. The Morgan fingerprint density at radius 3 is 2.39 bits per heavy atom. The molecule has 216 valence electrons. The normalized spacial score (nSPS) is 18.8. The molecule has 9 nitrogen and oxygen atoms in total. The minimum Gasteiger partial charge on any atom is -0.489 e. The number of ether oxygens (including phenoxy) is 3. The maximum Gasteiger partial charge on any atom is 0.310 e. The third-order valence-corrected chi connectivity index (χ3v) is 8.52. The molecule has 0 radical (unpaired) electrons. The Kier molecular flexibility index (Phi) is 9.57. The van der Waals surface area contributed by atoms with Crippen molar-refractivity contribution in [2.45, 2.75) is 50.7 Å². The summed E-state index contributed by atoms with van der Waals surface area (Å²) in [6.45, 7) is 3.69. The molecule has 4 rings (SSSR count). The lowest BCUT2D eigenvalue weighted by atomic mass is 9.78. The zero-order valence-corrected chi connectivity index (χ0v) is 23.6. The number of esters is 2. The summed E-state index contributed by atoms with van der Waals surface area (Å²) >= 11 is 0. The molecule has 0 spiro atoms. The van der Waals surface area contributed by atoms with E-state index in [-0.39, 0.29) is 43.1 Å². The topological polar surface area (TPSA) is 132 Å². The summed E-state index contributed by atoms with van der Waals surface area (Å²) in [6.07, 6.45) is 0.798. The Labute approximate surface area is 238 Å². The number of hydrogen-bond donors (Lipinski definition) is 1. The van der Waals surface area contributed by atoms with Gasteiger partial charge in [0.15, 0.2) is 0 Å². The fourth-order valence-electron chi connectivity index (χ4n) is 4.92. The molecule has 3 unspecified atom stereocenters. The lowest BCUT2D eigenvalue weighted by Crippen LogP contribution is -2.48. The van der Waals surface area contributed by atoms with Crippen LogP contribution < -0.4 is 9.46 Å². The molecule has 1 aliphatic carbocycles. The summed E-state index contributed by atoms with van der Waals surface area (Å²) < 4.78 is 59.6. The summed E-state index contributed by atoms with van der Waals surface area (Å²) in [6, 6.07) is 15.0. The van der Waals surface area contributed by atoms with Crippen molar-refractivity contribution in [3.8, 4) is 11.8 Å². The molecule has 3 atom stereocenters. The van der Waals surface area contributed by atoms with Crippen LogP contribution in [0.1, 0.15) is 44.2 Å². The van der Waals surface area contributed by atoms with Crippen LogP contribution in [-0.2, 0) is 35.7 Å². The number of rotatable bonds is 10. The molecule has 41 heavy (non-hydrogen) atoms. The fraction of sp³-hybridized carbons (Fsp3) is 0.367. The number of nitrogens with one attached hydrogen (secondary N) is 1. The van der Waals surface area contributed by atoms with E-state index < -0.39 is 45.7 Å². The van der Waals surface area contributed by atoms with Gasteiger partial charge < -0.3 is 14.2 Å². The smallest absolute Gasteiger partial charge is 0.310 e. The highest BCUT2D eigenvalue weighted by Gasteiger charge is 2.41. The highest BCUT2D eigenvalue weighted by molar-refractivity contribution is 7.89. The van der Waals surface area contributed by atoms with Crippen LogP contribution in [0.15, 0.2) is 59.5 Å². The third-order valence-electron chi connectivity index (χ3n) is 7.04. The van der Waals surface area contributed by atoms with E-state index >= 15 is 0 Å². The Morgan fingerprint density at radius 2 is 1.68 bits per heavy atom. The first-order chi connectivity index (χ1) is 19.6. The molecule has 11 heteroatoms. The maximum atomic E-state index is 14.2. The van der Waals surface area contributed by atoms with Crippen molar-refractivity contribution in [2.75, 3.05) is 13.2 Å². The number of hydrogen-bond acceptors (Lipinski definition) is 8. The molecule has 0 bridgehead atoms. The van der Waals surface area contributed by atoms with E-state index in [0.717, 1.165) is 6.07 Å². The monoisotopic (exact) mass is 582 g/mol. The van der Waals surface area contributed by atoms with Crippen molar-refractivity contribution in [2.24, 2.45) is 11.8 Å². The highest BCUT2D eigenvalue weighted by Crippen LogP contribution is 2.33. The van der Waals surface area contributed by atoms with Gasteiger partial charge in [-0.2, -0.15) is 5.26 Å². The first-order valence-corrected chi connectivity index (χ1v) is 14.8. The van der Waals surface area contributed by atoms with Crippen molar-refractivity contribution < 1.29 is 36.6 Å². The van der Waals surface area contributed by atoms with Crippen LogP contribution in [0.25, 0.3) is 10.8 Å². The quantitative estimate of drug-likeness (QED) is 0.343. The van der Waals surface area contributed by atoms with E-state index in [1.807, 2.05) is 6.07 Å². The van der Waals surface area contributed by atoms with Gasteiger partial charge in [0.1, 0.15) is 18.2 Å². The van der Waals surface area contributed by atoms with Crippen molar-refractivity contribution in [1.29, 1.82) is 5.26 Å². The number of benzene rings is 3. The van der Waals surface area contributed by atoms with Gasteiger partial charge in [0.05, 0.1) is 41.6 Å². The molecule has 3 aromatic carbocycles. The van der Waals surface area contributed by atoms with Crippen molar-refractivity contribution >= 4 is 32.7 Å². The van der Waals surface area contributed by atoms with Crippen LogP contribution in [0.5, 0.6) is 5.75 Å². The average Bonchev–Trinajstić information content (AvgIpc) is 2.96. The standard InChI is InChI=1S/C30H31FN2O7S/c1-3-38-29(34)22-9-12-28(26(16-22)30(35)39-4-2)33-41(36,37)25-11-8-20-14-24(10-7-21(20)15-25)40-18-23-6-5-19(17-32)13-27(23)31/h5-8,10-11,13-15,22,26,28,33H,3-4,9,12,16,18H2,1-2H3. The molecule has 0 saturated heterocycles. The molecule has 0 aliphatic heterocycles. The fourth-order valence-corrected chi connectivity index (χ4v) is 6.26. The second-order valence-corrected chi connectivity index (χ2v) is 11.4. The van der Waals surface area contributed by atoms with Crippen LogP contribution in [0.2, 0.25) is 0 Å². The average molecular weight is 583 g/mol. The Bertz CT molecular complexity index is 1590. The van der Waals surface area contributed by atoms with E-state index in [2.05, 4.69) is 4.72 Å². The van der Waals surface area contributed by atoms with Crippen molar-refractivity contribution in [3.05, 3.63) is 71.5 Å². The number of carbonyl (C=O) groups excluding carboxylic acids is 2. The van der Waals surface area contributed by atoms with E-state index in [0.29, 0.717) is 28.5 Å². The predicted molar refractivity (Wildman–Crippen MR) is 148 cm³/mol. The number of nitriles is 1. The lowest BCUT2D eigenvalue weighted by Gasteiger charge is -2.33. The van der Waals surface area contributed by atoms with Gasteiger partial charge in [-0.05, 0) is 80.3 Å². The summed E-state index contributed by atoms with van der Waals surface area (Å²) in [5, 5.41) is 10.2. The first-order valence-electron chi connectivity index (χ1n) is 13.4. The van der Waals surface area contributed by atoms with Crippen molar-refractivity contribution in [1.82, 2.24) is 4.72 Å². The van der Waals surface area contributed by atoms with E-state index in [9.17, 15) is 22.4 Å². The van der Waals surface area contributed by atoms with Gasteiger partial charge in [-0.1, -0.05) is 18.2 Å². The Balaban J connectivity index is 1.48. The minimum absolute atomic E-state index is 0.0217. The van der Waals surface area contributed by atoms with Gasteiger partial charge in [0.2, 0.25) is 10.0 Å². The molecule has 1 fully saturated rings. The summed E-state index contributed by atoms with van der Waals surface area (Å²) in [5.74, 6) is -2.36. The predicted octanol–water partition coefficient (Wildman–Crippen LogP) is 4.62. The number of halogens is 1. The largest absolute Gasteiger partial charge is 0.489 e. The second kappa shape index (κ2) is 13.1. The third kappa shape index (κ3) is 7.20. The molecule has 1 N–H and O–H groups in total. The highest BCUT2D eigenvalue weighted by atomic mass is 32.2. The van der Waals surface area contributed by atoms with Crippen molar-refractivity contribution in [3.63, 3.8) is 0 Å². The summed E-state index contributed by atoms with van der Waals surface area (Å²) in [4.78, 5) is 25.0. The number of nitrogens with zero attached hydrogens (tertiary/aromatic N) is 1. The summed E-state index contributed by atoms with van der Waals surface area (Å²) in [5.41, 5.74) is 0.520.